The zero-order chi connectivity index (χ0) is 25.7. The fraction of sp³-hybridized carbons (Fsp3) is 0.357. The van der Waals surface area contributed by atoms with Crippen molar-refractivity contribution in [3.8, 4) is 17.1 Å². The lowest BCUT2D eigenvalue weighted by molar-refractivity contribution is -0.132. The number of thiazole rings is 1. The number of ether oxygens (including phenoxy) is 1. The normalized spacial score (nSPS) is 13.0. The Morgan fingerprint density at radius 3 is 2.06 bits per heavy atom. The van der Waals surface area contributed by atoms with Crippen molar-refractivity contribution in [2.75, 3.05) is 0 Å². The highest BCUT2D eigenvalue weighted by atomic mass is 32.1. The van der Waals surface area contributed by atoms with Crippen LogP contribution in [0.15, 0.2) is 41.2 Å². The third kappa shape index (κ3) is 5.05. The molecule has 0 radical (unpaired) electrons. The standard InChI is InChI=1S/C28H31N3O3S/c1-16-9-11-19(12-10-16)24-29-26-31(30-24)25(33)22(35-26)15-18-13-20(27(3,4)5)23(34-17(2)32)21(14-18)28(6,7)8/h9-15H,1-8H3/b22-15-. The summed E-state index contributed by atoms with van der Waals surface area (Å²) in [7, 11) is 0. The molecule has 6 nitrogen and oxygen atoms in total. The summed E-state index contributed by atoms with van der Waals surface area (Å²) in [6.45, 7) is 15.9. The van der Waals surface area contributed by atoms with Gasteiger partial charge in [-0.25, -0.2) is 0 Å². The molecule has 4 aromatic rings. The second-order valence-electron chi connectivity index (χ2n) is 11.0. The van der Waals surface area contributed by atoms with Crippen molar-refractivity contribution in [1.82, 2.24) is 14.6 Å². The van der Waals surface area contributed by atoms with Crippen molar-refractivity contribution in [2.45, 2.75) is 66.2 Å². The number of esters is 1. The van der Waals surface area contributed by atoms with Crippen LogP contribution in [0.25, 0.3) is 22.4 Å². The fourth-order valence-corrected chi connectivity index (χ4v) is 4.82. The van der Waals surface area contributed by atoms with Gasteiger partial charge in [0.05, 0.1) is 4.53 Å². The molecule has 0 saturated heterocycles. The van der Waals surface area contributed by atoms with Crippen LogP contribution in [-0.4, -0.2) is 20.6 Å². The minimum Gasteiger partial charge on any atom is -0.426 e. The maximum Gasteiger partial charge on any atom is 0.308 e. The van der Waals surface area contributed by atoms with Gasteiger partial charge in [0.1, 0.15) is 5.75 Å². The Morgan fingerprint density at radius 2 is 1.57 bits per heavy atom. The van der Waals surface area contributed by atoms with Gasteiger partial charge >= 0.3 is 5.97 Å². The molecule has 182 valence electrons. The molecule has 4 rings (SSSR count). The van der Waals surface area contributed by atoms with Crippen LogP contribution >= 0.6 is 11.3 Å². The maximum absolute atomic E-state index is 13.2. The summed E-state index contributed by atoms with van der Waals surface area (Å²) < 4.78 is 7.64. The molecular formula is C28H31N3O3S. The lowest BCUT2D eigenvalue weighted by Crippen LogP contribution is -2.24. The fourth-order valence-electron chi connectivity index (χ4n) is 3.91. The van der Waals surface area contributed by atoms with Crippen molar-refractivity contribution in [3.05, 3.63) is 73.5 Å². The molecule has 2 heterocycles. The first-order valence-electron chi connectivity index (χ1n) is 11.6. The number of carbonyl (C=O) groups is 1. The van der Waals surface area contributed by atoms with Crippen molar-refractivity contribution in [2.24, 2.45) is 0 Å². The van der Waals surface area contributed by atoms with Crippen LogP contribution < -0.4 is 14.8 Å². The molecule has 0 bridgehead atoms. The largest absolute Gasteiger partial charge is 0.426 e. The summed E-state index contributed by atoms with van der Waals surface area (Å²) in [6, 6.07) is 11.9. The average molecular weight is 490 g/mol. The van der Waals surface area contributed by atoms with E-state index in [9.17, 15) is 9.59 Å². The Kier molecular flexibility index (Phi) is 6.18. The summed E-state index contributed by atoms with van der Waals surface area (Å²) in [4.78, 5) is 30.2. The van der Waals surface area contributed by atoms with Gasteiger partial charge in [-0.05, 0) is 41.5 Å². The quantitative estimate of drug-likeness (QED) is 0.292. The molecule has 0 spiro atoms. The van der Waals surface area contributed by atoms with Gasteiger partial charge in [0.15, 0.2) is 5.82 Å². The van der Waals surface area contributed by atoms with Crippen LogP contribution in [0.2, 0.25) is 0 Å². The van der Waals surface area contributed by atoms with Gasteiger partial charge in [0.25, 0.3) is 5.56 Å². The lowest BCUT2D eigenvalue weighted by atomic mass is 9.78. The summed E-state index contributed by atoms with van der Waals surface area (Å²) in [5.74, 6) is 0.785. The number of nitrogens with zero attached hydrogens (tertiary/aromatic N) is 3. The Hall–Kier alpha value is -3.32. The second kappa shape index (κ2) is 8.72. The average Bonchev–Trinajstić information content (AvgIpc) is 3.27. The third-order valence-corrected chi connectivity index (χ3v) is 6.72. The molecule has 2 aromatic heterocycles. The van der Waals surface area contributed by atoms with E-state index in [1.807, 2.05) is 49.4 Å². The van der Waals surface area contributed by atoms with Crippen molar-refractivity contribution in [1.29, 1.82) is 0 Å². The van der Waals surface area contributed by atoms with Crippen LogP contribution in [0, 0.1) is 6.92 Å². The van der Waals surface area contributed by atoms with E-state index in [2.05, 4.69) is 51.6 Å². The van der Waals surface area contributed by atoms with Gasteiger partial charge < -0.3 is 4.74 Å². The highest BCUT2D eigenvalue weighted by Gasteiger charge is 2.28. The minimum atomic E-state index is -0.352. The van der Waals surface area contributed by atoms with E-state index in [0.29, 0.717) is 21.1 Å². The van der Waals surface area contributed by atoms with Crippen LogP contribution in [0.3, 0.4) is 0 Å². The van der Waals surface area contributed by atoms with Gasteiger partial charge in [-0.1, -0.05) is 82.7 Å². The van der Waals surface area contributed by atoms with Crippen LogP contribution in [-0.2, 0) is 15.6 Å². The van der Waals surface area contributed by atoms with Crippen LogP contribution in [0.4, 0.5) is 0 Å². The van der Waals surface area contributed by atoms with Gasteiger partial charge in [-0.15, -0.1) is 5.10 Å². The first kappa shape index (κ1) is 24.8. The van der Waals surface area contributed by atoms with E-state index in [1.165, 1.54) is 22.8 Å². The zero-order valence-corrected chi connectivity index (χ0v) is 22.3. The molecule has 0 aliphatic heterocycles. The molecule has 35 heavy (non-hydrogen) atoms. The molecule has 0 aliphatic carbocycles. The molecule has 2 aromatic carbocycles. The Morgan fingerprint density at radius 1 is 1.00 bits per heavy atom. The topological polar surface area (TPSA) is 73.6 Å². The number of fused-ring (bicyclic) bond motifs is 1. The molecule has 0 amide bonds. The first-order chi connectivity index (χ1) is 16.2. The van der Waals surface area contributed by atoms with Crippen LogP contribution in [0.1, 0.15) is 70.7 Å². The van der Waals surface area contributed by atoms with E-state index < -0.39 is 0 Å². The first-order valence-corrected chi connectivity index (χ1v) is 12.4. The summed E-state index contributed by atoms with van der Waals surface area (Å²) in [5.41, 5.74) is 3.99. The smallest absolute Gasteiger partial charge is 0.308 e. The van der Waals surface area contributed by atoms with E-state index in [1.54, 1.807) is 0 Å². The number of aromatic nitrogens is 3. The van der Waals surface area contributed by atoms with Gasteiger partial charge in [-0.3, -0.25) is 9.59 Å². The number of rotatable bonds is 3. The molecule has 0 N–H and O–H groups in total. The predicted molar refractivity (Wildman–Crippen MR) is 141 cm³/mol. The summed E-state index contributed by atoms with van der Waals surface area (Å²) in [6.07, 6.45) is 1.87. The Bertz CT molecular complexity index is 1500. The predicted octanol–water partition coefficient (Wildman–Crippen LogP) is 5.19. The molecule has 0 atom stereocenters. The number of carbonyl (C=O) groups excluding carboxylic acids is 1. The maximum atomic E-state index is 13.2. The molecule has 0 aliphatic rings. The highest BCUT2D eigenvalue weighted by Crippen LogP contribution is 2.41. The third-order valence-electron chi connectivity index (χ3n) is 5.76. The number of benzene rings is 2. The lowest BCUT2D eigenvalue weighted by Gasteiger charge is -2.29. The van der Waals surface area contributed by atoms with Crippen LogP contribution in [0.5, 0.6) is 5.75 Å². The summed E-state index contributed by atoms with van der Waals surface area (Å²) in [5, 5.41) is 4.46. The molecule has 0 saturated carbocycles. The van der Waals surface area contributed by atoms with E-state index in [0.717, 1.165) is 27.8 Å². The molecule has 7 heteroatoms. The summed E-state index contributed by atoms with van der Waals surface area (Å²) >= 11 is 1.31. The molecular weight excluding hydrogens is 458 g/mol. The SMILES string of the molecule is CC(=O)Oc1c(C(C)(C)C)cc(/C=c2\sc3nc(-c4ccc(C)cc4)nn3c2=O)cc1C(C)(C)C. The molecule has 0 unspecified atom stereocenters. The van der Waals surface area contributed by atoms with Crippen molar-refractivity contribution < 1.29 is 9.53 Å². The van der Waals surface area contributed by atoms with Gasteiger partial charge in [-0.2, -0.15) is 9.50 Å². The zero-order valence-electron chi connectivity index (χ0n) is 21.5. The number of hydrogen-bond donors (Lipinski definition) is 0. The number of aryl methyl sites for hydroxylation is 1. The van der Waals surface area contributed by atoms with E-state index in [-0.39, 0.29) is 22.4 Å². The van der Waals surface area contributed by atoms with Crippen molar-refractivity contribution >= 4 is 28.3 Å². The van der Waals surface area contributed by atoms with E-state index in [4.69, 9.17) is 4.74 Å². The van der Waals surface area contributed by atoms with Gasteiger partial charge in [0.2, 0.25) is 4.96 Å². The Labute approximate surface area is 209 Å². The number of hydrogen-bond acceptors (Lipinski definition) is 6. The monoisotopic (exact) mass is 489 g/mol. The van der Waals surface area contributed by atoms with Crippen molar-refractivity contribution in [3.63, 3.8) is 0 Å². The minimum absolute atomic E-state index is 0.199. The second-order valence-corrected chi connectivity index (χ2v) is 12.0. The molecule has 0 fully saturated rings. The Balaban J connectivity index is 1.88. The van der Waals surface area contributed by atoms with E-state index >= 15 is 0 Å². The van der Waals surface area contributed by atoms with Gasteiger partial charge in [0, 0.05) is 23.6 Å². The highest BCUT2D eigenvalue weighted by molar-refractivity contribution is 7.15.